The molecular formula is C25H25N3O2. The number of H-pyrrole nitrogens is 1. The van der Waals surface area contributed by atoms with Crippen LogP contribution in [0, 0.1) is 0 Å². The van der Waals surface area contributed by atoms with Gasteiger partial charge in [-0.05, 0) is 35.4 Å². The summed E-state index contributed by atoms with van der Waals surface area (Å²) in [5.74, 6) is -0.0936. The molecule has 5 heteroatoms. The van der Waals surface area contributed by atoms with E-state index in [1.807, 2.05) is 49.4 Å². The number of aromatic nitrogens is 2. The lowest BCUT2D eigenvalue weighted by Crippen LogP contribution is -2.37. The summed E-state index contributed by atoms with van der Waals surface area (Å²) in [4.78, 5) is 12.5. The Morgan fingerprint density at radius 3 is 2.60 bits per heavy atom. The second kappa shape index (κ2) is 8.93. The molecule has 1 aromatic heterocycles. The summed E-state index contributed by atoms with van der Waals surface area (Å²) >= 11 is 0. The maximum absolute atomic E-state index is 12.5. The van der Waals surface area contributed by atoms with Gasteiger partial charge in [-0.25, -0.2) is 0 Å². The van der Waals surface area contributed by atoms with Gasteiger partial charge in [-0.2, -0.15) is 5.10 Å². The van der Waals surface area contributed by atoms with Gasteiger partial charge in [0.15, 0.2) is 0 Å². The molecule has 3 aromatic carbocycles. The number of nitrogens with zero attached hydrogens (tertiary/aromatic N) is 1. The molecule has 4 rings (SSSR count). The van der Waals surface area contributed by atoms with E-state index >= 15 is 0 Å². The minimum Gasteiger partial charge on any atom is -0.383 e. The average molecular weight is 399 g/mol. The van der Waals surface area contributed by atoms with E-state index in [1.165, 1.54) is 10.8 Å². The summed E-state index contributed by atoms with van der Waals surface area (Å²) in [6.45, 7) is 2.53. The highest BCUT2D eigenvalue weighted by Gasteiger charge is 2.13. The van der Waals surface area contributed by atoms with Crippen LogP contribution in [0.15, 0.2) is 72.8 Å². The first-order chi connectivity index (χ1) is 14.7. The molecule has 0 saturated heterocycles. The minimum atomic E-state index is -0.0936. The molecule has 1 atom stereocenters. The van der Waals surface area contributed by atoms with Crippen molar-refractivity contribution in [2.24, 2.45) is 0 Å². The second-order valence-corrected chi connectivity index (χ2v) is 7.30. The van der Waals surface area contributed by atoms with Gasteiger partial charge in [0, 0.05) is 23.8 Å². The van der Waals surface area contributed by atoms with Gasteiger partial charge in [-0.1, -0.05) is 61.5 Å². The van der Waals surface area contributed by atoms with E-state index in [-0.39, 0.29) is 11.9 Å². The number of amides is 1. The largest absolute Gasteiger partial charge is 0.383 e. The number of carbonyl (C=O) groups is 1. The third-order valence-corrected chi connectivity index (χ3v) is 5.30. The lowest BCUT2D eigenvalue weighted by molar-refractivity contribution is 0.0894. The number of rotatable bonds is 7. The van der Waals surface area contributed by atoms with Crippen LogP contribution in [0.4, 0.5) is 0 Å². The lowest BCUT2D eigenvalue weighted by atomic mass is 10.0. The quantitative estimate of drug-likeness (QED) is 0.457. The molecule has 0 unspecified atom stereocenters. The molecule has 0 spiro atoms. The van der Waals surface area contributed by atoms with E-state index < -0.39 is 0 Å². The molecule has 30 heavy (non-hydrogen) atoms. The molecule has 1 heterocycles. The number of aromatic amines is 1. The normalized spacial score (nSPS) is 12.1. The number of hydrogen-bond acceptors (Lipinski definition) is 3. The van der Waals surface area contributed by atoms with Crippen molar-refractivity contribution in [1.82, 2.24) is 15.5 Å². The first-order valence-corrected chi connectivity index (χ1v) is 10.1. The molecule has 2 N–H and O–H groups in total. The summed E-state index contributed by atoms with van der Waals surface area (Å²) < 4.78 is 5.15. The van der Waals surface area contributed by atoms with Gasteiger partial charge < -0.3 is 10.1 Å². The van der Waals surface area contributed by atoms with E-state index in [1.54, 1.807) is 7.11 Å². The first kappa shape index (κ1) is 19.9. The maximum atomic E-state index is 12.5. The Kier molecular flexibility index (Phi) is 5.91. The fourth-order valence-corrected chi connectivity index (χ4v) is 3.59. The molecule has 0 bridgehead atoms. The summed E-state index contributed by atoms with van der Waals surface area (Å²) in [5, 5.41) is 13.0. The Morgan fingerprint density at radius 2 is 1.83 bits per heavy atom. The van der Waals surface area contributed by atoms with Crippen molar-refractivity contribution in [2.45, 2.75) is 19.4 Å². The van der Waals surface area contributed by atoms with Crippen LogP contribution in [-0.2, 0) is 4.74 Å². The fourth-order valence-electron chi connectivity index (χ4n) is 3.59. The summed E-state index contributed by atoms with van der Waals surface area (Å²) in [6, 6.07) is 24.1. The Bertz CT molecular complexity index is 1140. The van der Waals surface area contributed by atoms with E-state index in [9.17, 15) is 4.79 Å². The zero-order valence-electron chi connectivity index (χ0n) is 17.2. The van der Waals surface area contributed by atoms with E-state index in [2.05, 4.69) is 45.8 Å². The zero-order valence-corrected chi connectivity index (χ0v) is 17.2. The van der Waals surface area contributed by atoms with Crippen LogP contribution in [-0.4, -0.2) is 35.9 Å². The monoisotopic (exact) mass is 399 g/mol. The van der Waals surface area contributed by atoms with Gasteiger partial charge in [0.05, 0.1) is 24.0 Å². The summed E-state index contributed by atoms with van der Waals surface area (Å²) in [6.07, 6.45) is 0.821. The predicted octanol–water partition coefficient (Wildman–Crippen LogP) is 5.05. The highest BCUT2D eigenvalue weighted by Crippen LogP contribution is 2.29. The number of carbonyl (C=O) groups excluding carboxylic acids is 1. The minimum absolute atomic E-state index is 0.0109. The van der Waals surface area contributed by atoms with Gasteiger partial charge in [-0.3, -0.25) is 9.89 Å². The molecular weight excluding hydrogens is 374 g/mol. The third-order valence-electron chi connectivity index (χ3n) is 5.30. The topological polar surface area (TPSA) is 67.0 Å². The third kappa shape index (κ3) is 4.11. The fraction of sp³-hybridized carbons (Fsp3) is 0.200. The van der Waals surface area contributed by atoms with Crippen molar-refractivity contribution < 1.29 is 9.53 Å². The van der Waals surface area contributed by atoms with Crippen molar-refractivity contribution in [3.63, 3.8) is 0 Å². The highest BCUT2D eigenvalue weighted by atomic mass is 16.5. The summed E-state index contributed by atoms with van der Waals surface area (Å²) in [5.41, 5.74) is 4.51. The van der Waals surface area contributed by atoms with Crippen LogP contribution in [0.5, 0.6) is 0 Å². The van der Waals surface area contributed by atoms with E-state index in [4.69, 9.17) is 4.74 Å². The van der Waals surface area contributed by atoms with Gasteiger partial charge >= 0.3 is 0 Å². The van der Waals surface area contributed by atoms with Crippen LogP contribution in [0.1, 0.15) is 23.7 Å². The SMILES string of the molecule is CC[C@@H](COC)NC(=O)c1ccc(-c2cc(-c3cccc4ccccc34)[nH]n2)cc1. The van der Waals surface area contributed by atoms with Gasteiger partial charge in [0.2, 0.25) is 0 Å². The lowest BCUT2D eigenvalue weighted by Gasteiger charge is -2.15. The van der Waals surface area contributed by atoms with Gasteiger partial charge in [0.25, 0.3) is 5.91 Å². The van der Waals surface area contributed by atoms with Crippen molar-refractivity contribution in [3.8, 4) is 22.5 Å². The predicted molar refractivity (Wildman–Crippen MR) is 120 cm³/mol. The van der Waals surface area contributed by atoms with Crippen molar-refractivity contribution in [2.75, 3.05) is 13.7 Å². The van der Waals surface area contributed by atoms with Crippen molar-refractivity contribution >= 4 is 16.7 Å². The van der Waals surface area contributed by atoms with Crippen LogP contribution >= 0.6 is 0 Å². The van der Waals surface area contributed by atoms with Crippen molar-refractivity contribution in [3.05, 3.63) is 78.4 Å². The summed E-state index contributed by atoms with van der Waals surface area (Å²) in [7, 11) is 1.64. The Morgan fingerprint density at radius 1 is 1.07 bits per heavy atom. The molecule has 0 fully saturated rings. The number of ether oxygens (including phenoxy) is 1. The van der Waals surface area contributed by atoms with Crippen LogP contribution in [0.3, 0.4) is 0 Å². The Balaban J connectivity index is 1.55. The van der Waals surface area contributed by atoms with Crippen LogP contribution in [0.25, 0.3) is 33.3 Å². The average Bonchev–Trinajstić information content (AvgIpc) is 3.28. The van der Waals surface area contributed by atoms with E-state index in [0.29, 0.717) is 12.2 Å². The first-order valence-electron chi connectivity index (χ1n) is 10.1. The van der Waals surface area contributed by atoms with Crippen LogP contribution in [0.2, 0.25) is 0 Å². The molecule has 1 amide bonds. The number of methoxy groups -OCH3 is 1. The number of benzene rings is 3. The molecule has 5 nitrogen and oxygen atoms in total. The highest BCUT2D eigenvalue weighted by molar-refractivity contribution is 5.96. The standard InChI is InChI=1S/C25H25N3O2/c1-3-20(16-30-2)26-25(29)19-13-11-18(12-14-19)23-15-24(28-27-23)22-10-6-8-17-7-4-5-9-21(17)22/h4-15,20H,3,16H2,1-2H3,(H,26,29)(H,27,28)/t20-/m0/s1. The molecule has 0 aliphatic rings. The Hall–Kier alpha value is -3.44. The second-order valence-electron chi connectivity index (χ2n) is 7.30. The molecule has 0 radical (unpaired) electrons. The molecule has 4 aromatic rings. The van der Waals surface area contributed by atoms with Gasteiger partial charge in [-0.15, -0.1) is 0 Å². The van der Waals surface area contributed by atoms with Crippen LogP contribution < -0.4 is 5.32 Å². The Labute approximate surface area is 176 Å². The number of fused-ring (bicyclic) bond motifs is 1. The molecule has 0 aliphatic heterocycles. The molecule has 0 aliphatic carbocycles. The molecule has 0 saturated carbocycles. The smallest absolute Gasteiger partial charge is 0.251 e. The zero-order chi connectivity index (χ0) is 20.9. The van der Waals surface area contributed by atoms with E-state index in [0.717, 1.165) is 28.9 Å². The number of hydrogen-bond donors (Lipinski definition) is 2. The van der Waals surface area contributed by atoms with Gasteiger partial charge in [0.1, 0.15) is 0 Å². The maximum Gasteiger partial charge on any atom is 0.251 e. The van der Waals surface area contributed by atoms with Crippen molar-refractivity contribution in [1.29, 1.82) is 0 Å². The molecule has 152 valence electrons. The number of nitrogens with one attached hydrogen (secondary N) is 2.